The minimum absolute atomic E-state index is 0.0199. The van der Waals surface area contributed by atoms with Crippen LogP contribution >= 0.6 is 0 Å². The normalized spacial score (nSPS) is 13.5. The SMILES string of the molecule is N#CCC(=O)CCc1cccc(-c2ccnc(Cc3ccc(N4CCCCC4)cc3)n2)c1. The van der Waals surface area contributed by atoms with Crippen molar-refractivity contribution in [1.82, 2.24) is 9.97 Å². The van der Waals surface area contributed by atoms with Crippen LogP contribution in [0.5, 0.6) is 0 Å². The van der Waals surface area contributed by atoms with Crippen LogP contribution in [-0.2, 0) is 17.6 Å². The number of aryl methyl sites for hydroxylation is 1. The molecule has 5 nitrogen and oxygen atoms in total. The monoisotopic (exact) mass is 424 g/mol. The van der Waals surface area contributed by atoms with E-state index in [4.69, 9.17) is 10.2 Å². The van der Waals surface area contributed by atoms with Crippen LogP contribution in [-0.4, -0.2) is 28.8 Å². The topological polar surface area (TPSA) is 69.9 Å². The van der Waals surface area contributed by atoms with Crippen LogP contribution in [0.25, 0.3) is 11.3 Å². The fourth-order valence-corrected chi connectivity index (χ4v) is 4.15. The molecular formula is C27H28N4O. The summed E-state index contributed by atoms with van der Waals surface area (Å²) in [7, 11) is 0. The molecule has 1 aliphatic heterocycles. The molecule has 4 rings (SSSR count). The van der Waals surface area contributed by atoms with Crippen LogP contribution < -0.4 is 4.90 Å². The Morgan fingerprint density at radius 1 is 1.00 bits per heavy atom. The molecule has 2 aromatic carbocycles. The van der Waals surface area contributed by atoms with Crippen molar-refractivity contribution in [3.8, 4) is 17.3 Å². The smallest absolute Gasteiger partial charge is 0.147 e. The van der Waals surface area contributed by atoms with E-state index in [1.54, 1.807) is 0 Å². The van der Waals surface area contributed by atoms with Gasteiger partial charge in [-0.1, -0.05) is 30.3 Å². The van der Waals surface area contributed by atoms with E-state index in [9.17, 15) is 4.79 Å². The van der Waals surface area contributed by atoms with E-state index in [2.05, 4.69) is 40.2 Å². The minimum Gasteiger partial charge on any atom is -0.372 e. The number of nitrogens with zero attached hydrogens (tertiary/aromatic N) is 4. The van der Waals surface area contributed by atoms with Crippen LogP contribution in [0.15, 0.2) is 60.8 Å². The molecule has 32 heavy (non-hydrogen) atoms. The molecule has 3 aromatic rings. The van der Waals surface area contributed by atoms with Crippen molar-refractivity contribution in [2.45, 2.75) is 44.9 Å². The summed E-state index contributed by atoms with van der Waals surface area (Å²) in [5.41, 5.74) is 5.47. The van der Waals surface area contributed by atoms with Gasteiger partial charge in [-0.25, -0.2) is 9.97 Å². The van der Waals surface area contributed by atoms with E-state index < -0.39 is 0 Å². The zero-order valence-corrected chi connectivity index (χ0v) is 18.3. The van der Waals surface area contributed by atoms with Crippen molar-refractivity contribution >= 4 is 11.5 Å². The Bertz CT molecular complexity index is 1100. The van der Waals surface area contributed by atoms with Crippen LogP contribution in [0.1, 0.15) is 49.1 Å². The summed E-state index contributed by atoms with van der Waals surface area (Å²) < 4.78 is 0. The molecule has 0 atom stereocenters. The molecule has 0 bridgehead atoms. The maximum absolute atomic E-state index is 11.7. The Kier molecular flexibility index (Phi) is 7.24. The Morgan fingerprint density at radius 2 is 1.81 bits per heavy atom. The highest BCUT2D eigenvalue weighted by molar-refractivity contribution is 5.80. The zero-order chi connectivity index (χ0) is 22.2. The molecule has 0 amide bonds. The molecule has 1 saturated heterocycles. The second-order valence-corrected chi connectivity index (χ2v) is 8.32. The summed E-state index contributed by atoms with van der Waals surface area (Å²) in [6.07, 6.45) is 7.40. The van der Waals surface area contributed by atoms with Gasteiger partial charge in [0.15, 0.2) is 0 Å². The third-order valence-corrected chi connectivity index (χ3v) is 5.92. The van der Waals surface area contributed by atoms with Gasteiger partial charge in [-0.05, 0) is 61.1 Å². The van der Waals surface area contributed by atoms with Gasteiger partial charge in [0.2, 0.25) is 0 Å². The highest BCUT2D eigenvalue weighted by Gasteiger charge is 2.11. The molecule has 0 spiro atoms. The Balaban J connectivity index is 1.43. The number of carbonyl (C=O) groups excluding carboxylic acids is 1. The second kappa shape index (κ2) is 10.7. The molecule has 1 aliphatic rings. The molecule has 1 fully saturated rings. The van der Waals surface area contributed by atoms with E-state index in [0.29, 0.717) is 19.3 Å². The third kappa shape index (κ3) is 5.79. The lowest BCUT2D eigenvalue weighted by Gasteiger charge is -2.28. The molecule has 2 heterocycles. The number of rotatable bonds is 8. The van der Waals surface area contributed by atoms with E-state index in [1.165, 1.54) is 30.5 Å². The first-order valence-electron chi connectivity index (χ1n) is 11.3. The first-order chi connectivity index (χ1) is 15.7. The van der Waals surface area contributed by atoms with E-state index in [-0.39, 0.29) is 12.2 Å². The van der Waals surface area contributed by atoms with Gasteiger partial charge >= 0.3 is 0 Å². The average molecular weight is 425 g/mol. The molecule has 1 aromatic heterocycles. The first-order valence-corrected chi connectivity index (χ1v) is 11.3. The molecule has 0 radical (unpaired) electrons. The summed E-state index contributed by atoms with van der Waals surface area (Å²) in [6.45, 7) is 2.30. The maximum Gasteiger partial charge on any atom is 0.147 e. The van der Waals surface area contributed by atoms with Gasteiger partial charge in [-0.3, -0.25) is 4.79 Å². The lowest BCUT2D eigenvalue weighted by molar-refractivity contribution is -0.118. The predicted octanol–water partition coefficient (Wildman–Crippen LogP) is 5.14. The van der Waals surface area contributed by atoms with Crippen LogP contribution in [0, 0.1) is 11.3 Å². The van der Waals surface area contributed by atoms with Crippen LogP contribution in [0.3, 0.4) is 0 Å². The number of Topliss-reactive ketones (excluding diaryl/α,β-unsaturated/α-hetero) is 1. The number of carbonyl (C=O) groups is 1. The van der Waals surface area contributed by atoms with Crippen molar-refractivity contribution in [2.75, 3.05) is 18.0 Å². The number of hydrogen-bond donors (Lipinski definition) is 0. The third-order valence-electron chi connectivity index (χ3n) is 5.92. The van der Waals surface area contributed by atoms with Crippen molar-refractivity contribution in [3.05, 3.63) is 77.7 Å². The highest BCUT2D eigenvalue weighted by Crippen LogP contribution is 2.22. The largest absolute Gasteiger partial charge is 0.372 e. The Hall–Kier alpha value is -3.52. The summed E-state index contributed by atoms with van der Waals surface area (Å²) in [4.78, 5) is 23.4. The number of anilines is 1. The number of piperidine rings is 1. The molecule has 5 heteroatoms. The number of nitriles is 1. The van der Waals surface area contributed by atoms with Gasteiger partial charge in [0.1, 0.15) is 11.6 Å². The van der Waals surface area contributed by atoms with Crippen LogP contribution in [0.2, 0.25) is 0 Å². The lowest BCUT2D eigenvalue weighted by Crippen LogP contribution is -2.29. The number of benzene rings is 2. The van der Waals surface area contributed by atoms with Crippen molar-refractivity contribution in [1.29, 1.82) is 5.26 Å². The first kappa shape index (κ1) is 21.7. The lowest BCUT2D eigenvalue weighted by atomic mass is 10.0. The van der Waals surface area contributed by atoms with Gasteiger partial charge < -0.3 is 4.90 Å². The van der Waals surface area contributed by atoms with Gasteiger partial charge in [0.05, 0.1) is 18.2 Å². The number of ketones is 1. The van der Waals surface area contributed by atoms with Crippen molar-refractivity contribution in [2.24, 2.45) is 0 Å². The second-order valence-electron chi connectivity index (χ2n) is 8.32. The van der Waals surface area contributed by atoms with E-state index >= 15 is 0 Å². The molecule has 162 valence electrons. The van der Waals surface area contributed by atoms with Gasteiger partial charge in [0.25, 0.3) is 0 Å². The van der Waals surface area contributed by atoms with Crippen molar-refractivity contribution in [3.63, 3.8) is 0 Å². The van der Waals surface area contributed by atoms with Crippen LogP contribution in [0.4, 0.5) is 5.69 Å². The van der Waals surface area contributed by atoms with E-state index in [0.717, 1.165) is 35.7 Å². The van der Waals surface area contributed by atoms with E-state index in [1.807, 2.05) is 36.5 Å². The van der Waals surface area contributed by atoms with Gasteiger partial charge in [-0.2, -0.15) is 5.26 Å². The standard InChI is InChI=1S/C27H28N4O/c28-15-13-25(32)12-9-21-5-4-6-23(19-21)26-14-16-29-27(30-26)20-22-7-10-24(11-8-22)31-17-2-1-3-18-31/h4-8,10-11,14,16,19H,1-3,9,12-13,17-18,20H2. The summed E-state index contributed by atoms with van der Waals surface area (Å²) >= 11 is 0. The predicted molar refractivity (Wildman–Crippen MR) is 126 cm³/mol. The quantitative estimate of drug-likeness (QED) is 0.501. The molecule has 0 unspecified atom stereocenters. The summed E-state index contributed by atoms with van der Waals surface area (Å²) in [5.74, 6) is 0.774. The van der Waals surface area contributed by atoms with Gasteiger partial charge in [0, 0.05) is 43.4 Å². The fraction of sp³-hybridized carbons (Fsp3) is 0.333. The highest BCUT2D eigenvalue weighted by atomic mass is 16.1. The zero-order valence-electron chi connectivity index (χ0n) is 18.3. The molecule has 0 aliphatic carbocycles. The average Bonchev–Trinajstić information content (AvgIpc) is 2.84. The van der Waals surface area contributed by atoms with Gasteiger partial charge in [-0.15, -0.1) is 0 Å². The minimum atomic E-state index is -0.0199. The number of aromatic nitrogens is 2. The Morgan fingerprint density at radius 3 is 2.59 bits per heavy atom. The molecule has 0 saturated carbocycles. The molecular weight excluding hydrogens is 396 g/mol. The molecule has 0 N–H and O–H groups in total. The van der Waals surface area contributed by atoms with Crippen molar-refractivity contribution < 1.29 is 4.79 Å². The maximum atomic E-state index is 11.7. The fourth-order valence-electron chi connectivity index (χ4n) is 4.15. The summed E-state index contributed by atoms with van der Waals surface area (Å²) in [6, 6.07) is 20.7. The number of hydrogen-bond acceptors (Lipinski definition) is 5. The Labute approximate surface area is 189 Å². The summed E-state index contributed by atoms with van der Waals surface area (Å²) in [5, 5.41) is 8.64.